The van der Waals surface area contributed by atoms with Crippen LogP contribution in [0.25, 0.3) is 0 Å². The van der Waals surface area contributed by atoms with Crippen LogP contribution in [0, 0.1) is 0 Å². The highest BCUT2D eigenvalue weighted by atomic mass is 32.1. The van der Waals surface area contributed by atoms with Gasteiger partial charge in [0.15, 0.2) is 0 Å². The molecule has 0 bridgehead atoms. The molecular formula is C15H17NOS. The van der Waals surface area contributed by atoms with Crippen LogP contribution < -0.4 is 10.1 Å². The Morgan fingerprint density at radius 1 is 0.944 bits per heavy atom. The third kappa shape index (κ3) is 4.00. The molecule has 2 aromatic rings. The molecule has 0 fully saturated rings. The SMILES string of the molecule is SCCNc1ccc(OCc2ccccc2)cc1. The summed E-state index contributed by atoms with van der Waals surface area (Å²) in [5.41, 5.74) is 2.27. The smallest absolute Gasteiger partial charge is 0.119 e. The Hall–Kier alpha value is -1.61. The van der Waals surface area contributed by atoms with Crippen molar-refractivity contribution in [3.05, 3.63) is 60.2 Å². The summed E-state index contributed by atoms with van der Waals surface area (Å²) >= 11 is 4.16. The molecule has 0 radical (unpaired) electrons. The van der Waals surface area contributed by atoms with Crippen molar-refractivity contribution in [1.29, 1.82) is 0 Å². The van der Waals surface area contributed by atoms with Gasteiger partial charge in [0.2, 0.25) is 0 Å². The fourth-order valence-electron chi connectivity index (χ4n) is 1.61. The van der Waals surface area contributed by atoms with E-state index in [1.165, 1.54) is 5.56 Å². The number of thiol groups is 1. The summed E-state index contributed by atoms with van der Waals surface area (Å²) in [6.07, 6.45) is 0. The van der Waals surface area contributed by atoms with Crippen LogP contribution in [-0.2, 0) is 6.61 Å². The highest BCUT2D eigenvalue weighted by molar-refractivity contribution is 7.80. The van der Waals surface area contributed by atoms with Gasteiger partial charge < -0.3 is 10.1 Å². The minimum atomic E-state index is 0.601. The summed E-state index contributed by atoms with van der Waals surface area (Å²) in [4.78, 5) is 0. The van der Waals surface area contributed by atoms with E-state index in [2.05, 4.69) is 30.1 Å². The predicted molar refractivity (Wildman–Crippen MR) is 79.6 cm³/mol. The van der Waals surface area contributed by atoms with E-state index in [-0.39, 0.29) is 0 Å². The number of hydrogen-bond acceptors (Lipinski definition) is 3. The van der Waals surface area contributed by atoms with Crippen LogP contribution >= 0.6 is 12.6 Å². The van der Waals surface area contributed by atoms with Crippen molar-refractivity contribution < 1.29 is 4.74 Å². The van der Waals surface area contributed by atoms with Gasteiger partial charge in [-0.05, 0) is 29.8 Å². The van der Waals surface area contributed by atoms with E-state index in [4.69, 9.17) is 4.74 Å². The molecule has 0 atom stereocenters. The second-order valence-electron chi connectivity index (χ2n) is 3.95. The van der Waals surface area contributed by atoms with Crippen molar-refractivity contribution in [2.45, 2.75) is 6.61 Å². The summed E-state index contributed by atoms with van der Waals surface area (Å²) in [7, 11) is 0. The van der Waals surface area contributed by atoms with Crippen molar-refractivity contribution >= 4 is 18.3 Å². The lowest BCUT2D eigenvalue weighted by molar-refractivity contribution is 0.306. The highest BCUT2D eigenvalue weighted by Crippen LogP contribution is 2.16. The van der Waals surface area contributed by atoms with Gasteiger partial charge in [-0.2, -0.15) is 12.6 Å². The molecule has 0 aliphatic heterocycles. The van der Waals surface area contributed by atoms with Gasteiger partial charge in [0.05, 0.1) is 0 Å². The molecule has 2 rings (SSSR count). The average molecular weight is 259 g/mol. The van der Waals surface area contributed by atoms with Crippen LogP contribution in [-0.4, -0.2) is 12.3 Å². The molecule has 94 valence electrons. The van der Waals surface area contributed by atoms with Gasteiger partial charge in [-0.25, -0.2) is 0 Å². The van der Waals surface area contributed by atoms with E-state index < -0.39 is 0 Å². The molecule has 0 aliphatic rings. The van der Waals surface area contributed by atoms with Crippen LogP contribution in [0.2, 0.25) is 0 Å². The standard InChI is InChI=1S/C15H17NOS/c18-11-10-16-14-6-8-15(9-7-14)17-12-13-4-2-1-3-5-13/h1-9,16,18H,10-12H2. The number of anilines is 1. The Labute approximate surface area is 113 Å². The predicted octanol–water partition coefficient (Wildman–Crippen LogP) is 3.61. The molecule has 0 saturated carbocycles. The number of ether oxygens (including phenoxy) is 1. The Morgan fingerprint density at radius 2 is 1.67 bits per heavy atom. The lowest BCUT2D eigenvalue weighted by Crippen LogP contribution is -2.02. The van der Waals surface area contributed by atoms with E-state index in [0.29, 0.717) is 6.61 Å². The molecule has 0 amide bonds. The molecule has 0 unspecified atom stereocenters. The largest absolute Gasteiger partial charge is 0.489 e. The number of rotatable bonds is 6. The fourth-order valence-corrected chi connectivity index (χ4v) is 1.72. The first-order valence-electron chi connectivity index (χ1n) is 6.00. The molecule has 18 heavy (non-hydrogen) atoms. The summed E-state index contributed by atoms with van der Waals surface area (Å²) in [6, 6.07) is 18.1. The molecule has 0 aliphatic carbocycles. The first-order chi connectivity index (χ1) is 8.88. The lowest BCUT2D eigenvalue weighted by atomic mass is 10.2. The van der Waals surface area contributed by atoms with Gasteiger partial charge >= 0.3 is 0 Å². The van der Waals surface area contributed by atoms with E-state index in [1.54, 1.807) is 0 Å². The van der Waals surface area contributed by atoms with Crippen molar-refractivity contribution in [1.82, 2.24) is 0 Å². The first kappa shape index (κ1) is 12.8. The third-order valence-electron chi connectivity index (χ3n) is 2.54. The zero-order valence-electron chi connectivity index (χ0n) is 10.2. The molecular weight excluding hydrogens is 242 g/mol. The Bertz CT molecular complexity index is 456. The van der Waals surface area contributed by atoms with Gasteiger partial charge in [0.1, 0.15) is 12.4 Å². The maximum atomic E-state index is 5.71. The summed E-state index contributed by atoms with van der Waals surface area (Å²) in [5.74, 6) is 1.71. The minimum Gasteiger partial charge on any atom is -0.489 e. The van der Waals surface area contributed by atoms with Crippen molar-refractivity contribution in [3.8, 4) is 5.75 Å². The Kier molecular flexibility index (Phi) is 4.97. The first-order valence-corrected chi connectivity index (χ1v) is 6.63. The zero-order valence-corrected chi connectivity index (χ0v) is 11.1. The lowest BCUT2D eigenvalue weighted by Gasteiger charge is -2.08. The fraction of sp³-hybridized carbons (Fsp3) is 0.200. The molecule has 0 saturated heterocycles. The zero-order chi connectivity index (χ0) is 12.6. The molecule has 2 aromatic carbocycles. The summed E-state index contributed by atoms with van der Waals surface area (Å²) in [5, 5.41) is 3.26. The van der Waals surface area contributed by atoms with Crippen LogP contribution in [0.4, 0.5) is 5.69 Å². The van der Waals surface area contributed by atoms with Gasteiger partial charge in [0.25, 0.3) is 0 Å². The van der Waals surface area contributed by atoms with Gasteiger partial charge in [-0.1, -0.05) is 30.3 Å². The highest BCUT2D eigenvalue weighted by Gasteiger charge is 1.96. The van der Waals surface area contributed by atoms with Gasteiger partial charge in [-0.3, -0.25) is 0 Å². The third-order valence-corrected chi connectivity index (χ3v) is 2.77. The topological polar surface area (TPSA) is 21.3 Å². The van der Waals surface area contributed by atoms with Crippen molar-refractivity contribution in [3.63, 3.8) is 0 Å². The van der Waals surface area contributed by atoms with Crippen molar-refractivity contribution in [2.75, 3.05) is 17.6 Å². The van der Waals surface area contributed by atoms with E-state index >= 15 is 0 Å². The van der Waals surface area contributed by atoms with Crippen LogP contribution in [0.1, 0.15) is 5.56 Å². The number of nitrogens with one attached hydrogen (secondary N) is 1. The Balaban J connectivity index is 1.86. The average Bonchev–Trinajstić information content (AvgIpc) is 2.45. The molecule has 3 heteroatoms. The van der Waals surface area contributed by atoms with E-state index in [0.717, 1.165) is 23.7 Å². The monoisotopic (exact) mass is 259 g/mol. The maximum absolute atomic E-state index is 5.71. The second-order valence-corrected chi connectivity index (χ2v) is 4.40. The molecule has 0 aromatic heterocycles. The molecule has 2 nitrogen and oxygen atoms in total. The Morgan fingerprint density at radius 3 is 2.33 bits per heavy atom. The molecule has 0 heterocycles. The van der Waals surface area contributed by atoms with Crippen LogP contribution in [0.3, 0.4) is 0 Å². The summed E-state index contributed by atoms with van der Waals surface area (Å²) in [6.45, 7) is 1.47. The van der Waals surface area contributed by atoms with Gasteiger partial charge in [0, 0.05) is 18.0 Å². The second kappa shape index (κ2) is 6.97. The molecule has 1 N–H and O–H groups in total. The van der Waals surface area contributed by atoms with Crippen LogP contribution in [0.15, 0.2) is 54.6 Å². The molecule has 0 spiro atoms. The quantitative estimate of drug-likeness (QED) is 0.773. The number of hydrogen-bond donors (Lipinski definition) is 2. The van der Waals surface area contributed by atoms with E-state index in [1.807, 2.05) is 42.5 Å². The minimum absolute atomic E-state index is 0.601. The maximum Gasteiger partial charge on any atom is 0.119 e. The summed E-state index contributed by atoms with van der Waals surface area (Å²) < 4.78 is 5.71. The number of benzene rings is 2. The van der Waals surface area contributed by atoms with E-state index in [9.17, 15) is 0 Å². The van der Waals surface area contributed by atoms with Gasteiger partial charge in [-0.15, -0.1) is 0 Å². The van der Waals surface area contributed by atoms with Crippen LogP contribution in [0.5, 0.6) is 5.75 Å². The van der Waals surface area contributed by atoms with Crippen molar-refractivity contribution in [2.24, 2.45) is 0 Å². The normalized spacial score (nSPS) is 10.1.